The van der Waals surface area contributed by atoms with Crippen LogP contribution in [0.2, 0.25) is 0 Å². The Labute approximate surface area is 167 Å². The quantitative estimate of drug-likeness (QED) is 0.636. The van der Waals surface area contributed by atoms with Crippen molar-refractivity contribution >= 4 is 0 Å². The van der Waals surface area contributed by atoms with Crippen molar-refractivity contribution in [3.63, 3.8) is 0 Å². The van der Waals surface area contributed by atoms with E-state index in [0.717, 1.165) is 48.6 Å². The van der Waals surface area contributed by atoms with Crippen LogP contribution in [0.1, 0.15) is 22.4 Å². The Hall–Kier alpha value is -2.93. The zero-order chi connectivity index (χ0) is 20.4. The van der Waals surface area contributed by atoms with Gasteiger partial charge in [0.25, 0.3) is 0 Å². The molecule has 1 aliphatic rings. The van der Waals surface area contributed by atoms with Gasteiger partial charge < -0.3 is 4.74 Å². The van der Waals surface area contributed by atoms with E-state index in [1.54, 1.807) is 13.3 Å². The predicted molar refractivity (Wildman–Crippen MR) is 103 cm³/mol. The van der Waals surface area contributed by atoms with E-state index in [4.69, 9.17) is 4.74 Å². The summed E-state index contributed by atoms with van der Waals surface area (Å²) >= 11 is 0. The van der Waals surface area contributed by atoms with Crippen LogP contribution in [-0.2, 0) is 25.7 Å². The molecule has 150 valence electrons. The Kier molecular flexibility index (Phi) is 5.24. The van der Waals surface area contributed by atoms with Crippen molar-refractivity contribution in [2.45, 2.75) is 25.7 Å². The number of hydrogen-bond acceptors (Lipinski definition) is 4. The fourth-order valence-electron chi connectivity index (χ4n) is 3.43. The van der Waals surface area contributed by atoms with Gasteiger partial charge >= 0.3 is 6.18 Å². The fourth-order valence-corrected chi connectivity index (χ4v) is 3.43. The summed E-state index contributed by atoms with van der Waals surface area (Å²) in [5, 5.41) is 0. The number of aromatic nitrogens is 2. The van der Waals surface area contributed by atoms with E-state index in [0.29, 0.717) is 17.9 Å². The van der Waals surface area contributed by atoms with Crippen molar-refractivity contribution in [1.29, 1.82) is 0 Å². The Morgan fingerprint density at radius 3 is 2.41 bits per heavy atom. The van der Waals surface area contributed by atoms with Crippen LogP contribution in [0.3, 0.4) is 0 Å². The van der Waals surface area contributed by atoms with Gasteiger partial charge in [-0.3, -0.25) is 4.90 Å². The van der Waals surface area contributed by atoms with E-state index < -0.39 is 11.7 Å². The van der Waals surface area contributed by atoms with Gasteiger partial charge in [0.2, 0.25) is 0 Å². The number of rotatable bonds is 4. The van der Waals surface area contributed by atoms with E-state index in [1.165, 1.54) is 17.7 Å². The van der Waals surface area contributed by atoms with Gasteiger partial charge in [-0.15, -0.1) is 0 Å². The van der Waals surface area contributed by atoms with Crippen molar-refractivity contribution in [3.05, 3.63) is 77.1 Å². The minimum Gasteiger partial charge on any atom is -0.497 e. The maximum atomic E-state index is 12.8. The van der Waals surface area contributed by atoms with Crippen molar-refractivity contribution in [2.24, 2.45) is 0 Å². The molecular formula is C22H20F3N3O. The first-order chi connectivity index (χ1) is 13.9. The third kappa shape index (κ3) is 4.40. The zero-order valence-electron chi connectivity index (χ0n) is 15.9. The molecule has 0 spiro atoms. The molecule has 7 heteroatoms. The largest absolute Gasteiger partial charge is 0.497 e. The normalized spacial score (nSPS) is 14.5. The molecule has 29 heavy (non-hydrogen) atoms. The average molecular weight is 399 g/mol. The van der Waals surface area contributed by atoms with Crippen LogP contribution in [0, 0.1) is 0 Å². The van der Waals surface area contributed by atoms with Crippen molar-refractivity contribution in [2.75, 3.05) is 13.7 Å². The van der Waals surface area contributed by atoms with Crippen LogP contribution in [0.15, 0.2) is 54.7 Å². The number of ether oxygens (including phenoxy) is 1. The second-order valence-corrected chi connectivity index (χ2v) is 7.05. The lowest BCUT2D eigenvalue weighted by Gasteiger charge is -2.28. The molecule has 0 fully saturated rings. The smallest absolute Gasteiger partial charge is 0.416 e. The average Bonchev–Trinajstić information content (AvgIpc) is 2.73. The molecule has 4 rings (SSSR count). The first-order valence-electron chi connectivity index (χ1n) is 9.30. The second-order valence-electron chi connectivity index (χ2n) is 7.05. The number of nitrogens with zero attached hydrogens (tertiary/aromatic N) is 3. The number of alkyl halides is 3. The molecule has 2 heterocycles. The Morgan fingerprint density at radius 2 is 1.76 bits per heavy atom. The molecule has 0 bridgehead atoms. The highest BCUT2D eigenvalue weighted by Gasteiger charge is 2.30. The van der Waals surface area contributed by atoms with Crippen LogP contribution >= 0.6 is 0 Å². The molecule has 0 N–H and O–H groups in total. The Balaban J connectivity index is 1.50. The van der Waals surface area contributed by atoms with E-state index >= 15 is 0 Å². The lowest BCUT2D eigenvalue weighted by Crippen LogP contribution is -2.31. The summed E-state index contributed by atoms with van der Waals surface area (Å²) in [5.74, 6) is 1.27. The number of hydrogen-bond donors (Lipinski definition) is 0. The summed E-state index contributed by atoms with van der Waals surface area (Å²) in [7, 11) is 1.64. The van der Waals surface area contributed by atoms with E-state index in [1.807, 2.05) is 24.3 Å². The van der Waals surface area contributed by atoms with Gasteiger partial charge in [0.05, 0.1) is 18.4 Å². The molecule has 0 radical (unpaired) electrons. The topological polar surface area (TPSA) is 38.2 Å². The van der Waals surface area contributed by atoms with E-state index in [-0.39, 0.29) is 0 Å². The number of fused-ring (bicyclic) bond motifs is 1. The third-order valence-corrected chi connectivity index (χ3v) is 5.06. The van der Waals surface area contributed by atoms with Gasteiger partial charge in [-0.2, -0.15) is 13.2 Å². The molecule has 0 aliphatic carbocycles. The van der Waals surface area contributed by atoms with Gasteiger partial charge in [0.1, 0.15) is 5.75 Å². The van der Waals surface area contributed by atoms with E-state index in [9.17, 15) is 13.2 Å². The maximum absolute atomic E-state index is 12.8. The molecule has 4 nitrogen and oxygen atoms in total. The molecule has 1 aliphatic heterocycles. The van der Waals surface area contributed by atoms with Gasteiger partial charge in [0.15, 0.2) is 5.82 Å². The maximum Gasteiger partial charge on any atom is 0.416 e. The minimum atomic E-state index is -4.35. The van der Waals surface area contributed by atoms with Gasteiger partial charge in [-0.1, -0.05) is 24.3 Å². The summed E-state index contributed by atoms with van der Waals surface area (Å²) in [5.41, 5.74) is 3.10. The van der Waals surface area contributed by atoms with Crippen LogP contribution in [0.4, 0.5) is 13.2 Å². The fraction of sp³-hybridized carbons (Fsp3) is 0.273. The molecule has 0 saturated carbocycles. The number of benzene rings is 2. The number of halogens is 3. The summed E-state index contributed by atoms with van der Waals surface area (Å²) < 4.78 is 43.5. The summed E-state index contributed by atoms with van der Waals surface area (Å²) in [6.07, 6.45) is -1.71. The molecule has 2 aromatic carbocycles. The summed E-state index contributed by atoms with van der Waals surface area (Å²) in [6.45, 7) is 2.38. The lowest BCUT2D eigenvalue weighted by molar-refractivity contribution is -0.137. The standard InChI is InChI=1S/C22H20F3N3O/c1-29-19-8-2-15(3-9-19)13-28-11-10-17-12-26-21(27-20(17)14-28)16-4-6-18(7-5-16)22(23,24)25/h2-9,12H,10-11,13-14H2,1H3. The summed E-state index contributed by atoms with van der Waals surface area (Å²) in [4.78, 5) is 11.3. The van der Waals surface area contributed by atoms with E-state index in [2.05, 4.69) is 14.9 Å². The Bertz CT molecular complexity index is 986. The second kappa shape index (κ2) is 7.83. The molecule has 0 saturated heterocycles. The third-order valence-electron chi connectivity index (χ3n) is 5.06. The van der Waals surface area contributed by atoms with Crippen LogP contribution in [-0.4, -0.2) is 28.5 Å². The monoisotopic (exact) mass is 399 g/mol. The van der Waals surface area contributed by atoms with Gasteiger partial charge in [-0.25, -0.2) is 9.97 Å². The van der Waals surface area contributed by atoms with Crippen LogP contribution in [0.5, 0.6) is 5.75 Å². The molecule has 1 aromatic heterocycles. The van der Waals surface area contributed by atoms with Crippen molar-refractivity contribution < 1.29 is 17.9 Å². The van der Waals surface area contributed by atoms with Crippen LogP contribution in [0.25, 0.3) is 11.4 Å². The highest BCUT2D eigenvalue weighted by Crippen LogP contribution is 2.30. The number of methoxy groups -OCH3 is 1. The lowest BCUT2D eigenvalue weighted by atomic mass is 10.0. The SMILES string of the molecule is COc1ccc(CN2CCc3cnc(-c4ccc(C(F)(F)F)cc4)nc3C2)cc1. The zero-order valence-corrected chi connectivity index (χ0v) is 15.9. The molecule has 0 atom stereocenters. The summed E-state index contributed by atoms with van der Waals surface area (Å²) in [6, 6.07) is 12.9. The van der Waals surface area contributed by atoms with Gasteiger partial charge in [0, 0.05) is 31.4 Å². The Morgan fingerprint density at radius 1 is 1.03 bits per heavy atom. The minimum absolute atomic E-state index is 0.448. The molecule has 3 aromatic rings. The van der Waals surface area contributed by atoms with Gasteiger partial charge in [-0.05, 0) is 41.8 Å². The first-order valence-corrected chi connectivity index (χ1v) is 9.30. The van der Waals surface area contributed by atoms with Crippen molar-refractivity contribution in [3.8, 4) is 17.1 Å². The first kappa shape index (κ1) is 19.4. The molecular weight excluding hydrogens is 379 g/mol. The predicted octanol–water partition coefficient (Wildman–Crippen LogP) is 4.73. The molecule has 0 amide bonds. The highest BCUT2D eigenvalue weighted by atomic mass is 19.4. The van der Waals surface area contributed by atoms with Crippen molar-refractivity contribution in [1.82, 2.24) is 14.9 Å². The van der Waals surface area contributed by atoms with Crippen LogP contribution < -0.4 is 4.74 Å². The molecule has 0 unspecified atom stereocenters. The highest BCUT2D eigenvalue weighted by molar-refractivity contribution is 5.56.